The van der Waals surface area contributed by atoms with Crippen molar-refractivity contribution in [3.8, 4) is 11.8 Å². The maximum atomic E-state index is 13.2. The van der Waals surface area contributed by atoms with Crippen molar-refractivity contribution in [1.29, 1.82) is 5.26 Å². The number of allylic oxidation sites excluding steroid dienone is 3. The van der Waals surface area contributed by atoms with E-state index in [1.54, 1.807) is 19.2 Å². The van der Waals surface area contributed by atoms with Crippen molar-refractivity contribution in [1.82, 2.24) is 0 Å². The number of ether oxygens (including phenoxy) is 2. The molecule has 0 bridgehead atoms. The lowest BCUT2D eigenvalue weighted by Gasteiger charge is -2.34. The Morgan fingerprint density at radius 1 is 1.17 bits per heavy atom. The summed E-state index contributed by atoms with van der Waals surface area (Å²) in [5, 5.41) is 10.3. The molecule has 0 radical (unpaired) electrons. The van der Waals surface area contributed by atoms with Crippen LogP contribution in [0.5, 0.6) is 5.75 Å². The largest absolute Gasteiger partial charge is 0.497 e. The molecule has 2 N–H and O–H groups in total. The van der Waals surface area contributed by atoms with Crippen LogP contribution in [0.15, 0.2) is 71.3 Å². The number of nitriles is 1. The number of benzene rings is 2. The van der Waals surface area contributed by atoms with Gasteiger partial charge in [0, 0.05) is 23.4 Å². The molecule has 0 aromatic heterocycles. The minimum atomic E-state index is -0.547. The van der Waals surface area contributed by atoms with Gasteiger partial charge in [0.25, 0.3) is 0 Å². The second kappa shape index (κ2) is 7.65. The summed E-state index contributed by atoms with van der Waals surface area (Å²) in [7, 11) is 1.59. The number of methoxy groups -OCH3 is 1. The van der Waals surface area contributed by atoms with Gasteiger partial charge >= 0.3 is 0 Å². The van der Waals surface area contributed by atoms with Crippen LogP contribution in [0.4, 0.5) is 0 Å². The van der Waals surface area contributed by atoms with Crippen molar-refractivity contribution in [3.05, 3.63) is 87.5 Å². The smallest absolute Gasteiger partial charge is 0.205 e. The van der Waals surface area contributed by atoms with Gasteiger partial charge in [-0.2, -0.15) is 5.26 Å². The molecule has 29 heavy (non-hydrogen) atoms. The first-order chi connectivity index (χ1) is 14.0. The number of carbonyl (C=O) groups is 1. The van der Waals surface area contributed by atoms with Crippen LogP contribution in [-0.4, -0.2) is 12.9 Å². The second-order valence-electron chi connectivity index (χ2n) is 7.08. The number of rotatable bonds is 3. The van der Waals surface area contributed by atoms with Gasteiger partial charge in [0.2, 0.25) is 5.88 Å². The minimum absolute atomic E-state index is 0.0414. The maximum absolute atomic E-state index is 13.2. The Hall–Kier alpha value is -3.23. The van der Waals surface area contributed by atoms with Crippen LogP contribution in [0.25, 0.3) is 0 Å². The fourth-order valence-corrected chi connectivity index (χ4v) is 4.35. The van der Waals surface area contributed by atoms with E-state index in [0.717, 1.165) is 11.1 Å². The second-order valence-corrected chi connectivity index (χ2v) is 7.49. The molecule has 2 aromatic carbocycles. The Balaban J connectivity index is 1.78. The number of Topliss-reactive ketones (excluding diaryl/α,β-unsaturated/α-hetero) is 1. The molecule has 146 valence electrons. The Morgan fingerprint density at radius 3 is 2.55 bits per heavy atom. The van der Waals surface area contributed by atoms with Crippen molar-refractivity contribution in [2.75, 3.05) is 7.11 Å². The van der Waals surface area contributed by atoms with E-state index in [1.807, 2.05) is 36.4 Å². The summed E-state index contributed by atoms with van der Waals surface area (Å²) in [6, 6.07) is 16.9. The topological polar surface area (TPSA) is 85.3 Å². The number of halogens is 1. The zero-order chi connectivity index (χ0) is 20.5. The number of hydrogen-bond acceptors (Lipinski definition) is 5. The maximum Gasteiger partial charge on any atom is 0.205 e. The lowest BCUT2D eigenvalue weighted by atomic mass is 9.73. The van der Waals surface area contributed by atoms with Gasteiger partial charge in [0.05, 0.1) is 13.0 Å². The van der Waals surface area contributed by atoms with Gasteiger partial charge in [0.15, 0.2) is 5.78 Å². The lowest BCUT2D eigenvalue weighted by Crippen LogP contribution is -2.30. The minimum Gasteiger partial charge on any atom is -0.497 e. The lowest BCUT2D eigenvalue weighted by molar-refractivity contribution is -0.117. The van der Waals surface area contributed by atoms with E-state index in [2.05, 4.69) is 6.07 Å². The van der Waals surface area contributed by atoms with Crippen LogP contribution in [-0.2, 0) is 9.53 Å². The summed E-state index contributed by atoms with van der Waals surface area (Å²) < 4.78 is 11.0. The van der Waals surface area contributed by atoms with Crippen LogP contribution in [0.1, 0.15) is 35.8 Å². The van der Waals surface area contributed by atoms with Gasteiger partial charge in [-0.15, -0.1) is 0 Å². The summed E-state index contributed by atoms with van der Waals surface area (Å²) in [6.45, 7) is 0. The zero-order valence-electron chi connectivity index (χ0n) is 15.8. The highest BCUT2D eigenvalue weighted by molar-refractivity contribution is 6.31. The molecular weight excluding hydrogens is 388 g/mol. The Bertz CT molecular complexity index is 1080. The van der Waals surface area contributed by atoms with Gasteiger partial charge in [-0.05, 0) is 35.2 Å². The molecule has 0 unspecified atom stereocenters. The van der Waals surface area contributed by atoms with Crippen LogP contribution in [0.2, 0.25) is 5.02 Å². The Morgan fingerprint density at radius 2 is 1.90 bits per heavy atom. The normalized spacial score (nSPS) is 21.3. The first kappa shape index (κ1) is 19.1. The van der Waals surface area contributed by atoms with E-state index in [1.165, 1.54) is 0 Å². The zero-order valence-corrected chi connectivity index (χ0v) is 16.6. The number of ketones is 1. The molecule has 1 aliphatic heterocycles. The molecule has 1 heterocycles. The van der Waals surface area contributed by atoms with Crippen LogP contribution < -0.4 is 10.5 Å². The molecule has 1 aliphatic carbocycles. The number of carbonyl (C=O) groups excluding carboxylic acids is 1. The van der Waals surface area contributed by atoms with Gasteiger partial charge in [-0.25, -0.2) is 0 Å². The predicted octanol–water partition coefficient (Wildman–Crippen LogP) is 4.56. The first-order valence-electron chi connectivity index (χ1n) is 9.25. The van der Waals surface area contributed by atoms with E-state index in [0.29, 0.717) is 34.9 Å². The average molecular weight is 407 g/mol. The Kier molecular flexibility index (Phi) is 5.04. The molecule has 5 nitrogen and oxygen atoms in total. The molecule has 0 spiro atoms. The SMILES string of the molecule is COc1ccc([C@@H]2C(C#N)=C(N)OC3=C2C(=O)C[C@@H](c2ccccc2Cl)C3)cc1. The molecular formula is C23H19ClN2O3. The third kappa shape index (κ3) is 3.37. The van der Waals surface area contributed by atoms with Crippen LogP contribution in [0.3, 0.4) is 0 Å². The van der Waals surface area contributed by atoms with Gasteiger partial charge < -0.3 is 15.2 Å². The Labute approximate surface area is 174 Å². The third-order valence-corrected chi connectivity index (χ3v) is 5.80. The monoisotopic (exact) mass is 406 g/mol. The predicted molar refractivity (Wildman–Crippen MR) is 109 cm³/mol. The molecule has 0 fully saturated rings. The van der Waals surface area contributed by atoms with Crippen molar-refractivity contribution in [3.63, 3.8) is 0 Å². The van der Waals surface area contributed by atoms with E-state index < -0.39 is 5.92 Å². The average Bonchev–Trinajstić information content (AvgIpc) is 2.73. The molecule has 4 rings (SSSR count). The third-order valence-electron chi connectivity index (χ3n) is 5.46. The fraction of sp³-hybridized carbons (Fsp3) is 0.217. The summed E-state index contributed by atoms with van der Waals surface area (Å²) >= 11 is 6.35. The van der Waals surface area contributed by atoms with Gasteiger partial charge in [-0.3, -0.25) is 4.79 Å². The number of nitrogens with two attached hydrogens (primary N) is 1. The van der Waals surface area contributed by atoms with E-state index in [4.69, 9.17) is 26.8 Å². The van der Waals surface area contributed by atoms with Crippen molar-refractivity contribution < 1.29 is 14.3 Å². The van der Waals surface area contributed by atoms with Gasteiger partial charge in [0.1, 0.15) is 23.2 Å². The van der Waals surface area contributed by atoms with Crippen molar-refractivity contribution in [2.24, 2.45) is 5.73 Å². The van der Waals surface area contributed by atoms with E-state index >= 15 is 0 Å². The molecule has 6 heteroatoms. The molecule has 2 aliphatic rings. The van der Waals surface area contributed by atoms with Crippen LogP contribution >= 0.6 is 11.6 Å². The summed E-state index contributed by atoms with van der Waals surface area (Å²) in [6.07, 6.45) is 0.800. The molecule has 2 atom stereocenters. The summed E-state index contributed by atoms with van der Waals surface area (Å²) in [4.78, 5) is 13.2. The standard InChI is InChI=1S/C23H19ClN2O3/c1-28-15-8-6-13(7-9-15)21-17(12-25)23(26)29-20-11-14(10-19(27)22(20)21)16-4-2-3-5-18(16)24/h2-9,14,21H,10-11,26H2,1H3/t14-,21-/m1/s1. The van der Waals surface area contributed by atoms with Crippen molar-refractivity contribution >= 4 is 17.4 Å². The molecule has 0 amide bonds. The summed E-state index contributed by atoms with van der Waals surface area (Å²) in [5.41, 5.74) is 8.54. The molecule has 2 aromatic rings. The van der Waals surface area contributed by atoms with E-state index in [-0.39, 0.29) is 23.2 Å². The quantitative estimate of drug-likeness (QED) is 0.807. The van der Waals surface area contributed by atoms with Gasteiger partial charge in [-0.1, -0.05) is 41.9 Å². The highest BCUT2D eigenvalue weighted by atomic mass is 35.5. The number of nitrogens with zero attached hydrogens (tertiary/aromatic N) is 1. The highest BCUT2D eigenvalue weighted by Gasteiger charge is 2.41. The van der Waals surface area contributed by atoms with Crippen molar-refractivity contribution in [2.45, 2.75) is 24.7 Å². The van der Waals surface area contributed by atoms with Crippen LogP contribution in [0, 0.1) is 11.3 Å². The van der Waals surface area contributed by atoms with E-state index in [9.17, 15) is 10.1 Å². The first-order valence-corrected chi connectivity index (χ1v) is 9.63. The summed E-state index contributed by atoms with van der Waals surface area (Å²) in [5.74, 6) is 0.553. The highest BCUT2D eigenvalue weighted by Crippen LogP contribution is 2.47. The number of hydrogen-bond donors (Lipinski definition) is 1. The molecule has 0 saturated carbocycles. The fourth-order valence-electron chi connectivity index (χ4n) is 4.06. The molecule has 0 saturated heterocycles.